The van der Waals surface area contributed by atoms with Crippen LogP contribution in [-0.2, 0) is 28.6 Å². The number of hydrogen-bond donors (Lipinski definition) is 0. The molecular weight excluding hydrogens is 757 g/mol. The molecule has 0 aliphatic rings. The fraction of sp³-hybridized carbons (Fsp3) is 0.618. The van der Waals surface area contributed by atoms with Gasteiger partial charge in [-0.25, -0.2) is 0 Å². The predicted molar refractivity (Wildman–Crippen MR) is 260 cm³/mol. The SMILES string of the molecule is CC/C=C\C/C=C\C/C=C\C/C=C\C/C=C\C/C=C\CCC(=O)OCC(COC(=O)CCCCCCC/C=C\CCCC)OC(=O)CC/C=C\C/C=C\CCCCCCCC. The van der Waals surface area contributed by atoms with Crippen LogP contribution in [0.25, 0.3) is 0 Å². The van der Waals surface area contributed by atoms with Gasteiger partial charge in [-0.3, -0.25) is 14.4 Å². The molecule has 344 valence electrons. The van der Waals surface area contributed by atoms with Crippen molar-refractivity contribution in [2.24, 2.45) is 0 Å². The number of rotatable bonds is 42. The Balaban J connectivity index is 4.57. The van der Waals surface area contributed by atoms with Gasteiger partial charge in [-0.1, -0.05) is 194 Å². The first kappa shape index (κ1) is 57.1. The minimum atomic E-state index is -0.842. The third-order valence-corrected chi connectivity index (χ3v) is 9.76. The molecule has 0 fully saturated rings. The van der Waals surface area contributed by atoms with Gasteiger partial charge < -0.3 is 14.2 Å². The molecule has 0 aromatic heterocycles. The highest BCUT2D eigenvalue weighted by molar-refractivity contribution is 5.71. The summed E-state index contributed by atoms with van der Waals surface area (Å²) in [5, 5.41) is 0. The van der Waals surface area contributed by atoms with E-state index in [1.807, 2.05) is 18.2 Å². The lowest BCUT2D eigenvalue weighted by Crippen LogP contribution is -2.30. The second kappa shape index (κ2) is 48.7. The van der Waals surface area contributed by atoms with E-state index in [1.165, 1.54) is 64.2 Å². The first-order valence-electron chi connectivity index (χ1n) is 24.4. The quantitative estimate of drug-likeness (QED) is 0.0264. The monoisotopic (exact) mass is 845 g/mol. The topological polar surface area (TPSA) is 78.9 Å². The molecule has 1 unspecified atom stereocenters. The molecule has 0 N–H and O–H groups in total. The van der Waals surface area contributed by atoms with Crippen molar-refractivity contribution in [1.29, 1.82) is 0 Å². The number of ether oxygens (including phenoxy) is 3. The maximum atomic E-state index is 12.7. The van der Waals surface area contributed by atoms with E-state index >= 15 is 0 Å². The lowest BCUT2D eigenvalue weighted by atomic mass is 10.1. The Hall–Kier alpha value is -3.93. The van der Waals surface area contributed by atoms with Crippen molar-refractivity contribution in [2.45, 2.75) is 207 Å². The van der Waals surface area contributed by atoms with Crippen LogP contribution in [0.3, 0.4) is 0 Å². The second-order valence-corrected chi connectivity index (χ2v) is 15.6. The fourth-order valence-corrected chi connectivity index (χ4v) is 6.09. The molecule has 0 aromatic rings. The molecule has 0 amide bonds. The normalized spacial score (nSPS) is 13.0. The van der Waals surface area contributed by atoms with Crippen molar-refractivity contribution in [3.05, 3.63) is 109 Å². The van der Waals surface area contributed by atoms with Gasteiger partial charge in [0.1, 0.15) is 13.2 Å². The minimum absolute atomic E-state index is 0.130. The first-order chi connectivity index (χ1) is 30.0. The third kappa shape index (κ3) is 47.0. The molecule has 6 heteroatoms. The highest BCUT2D eigenvalue weighted by Gasteiger charge is 2.19. The number of carbonyl (C=O) groups excluding carboxylic acids is 3. The number of unbranched alkanes of at least 4 members (excludes halogenated alkanes) is 13. The van der Waals surface area contributed by atoms with Crippen LogP contribution >= 0.6 is 0 Å². The molecule has 0 radical (unpaired) electrons. The largest absolute Gasteiger partial charge is 0.462 e. The Bertz CT molecular complexity index is 1290. The molecule has 0 aromatic carbocycles. The summed E-state index contributed by atoms with van der Waals surface area (Å²) in [7, 11) is 0. The van der Waals surface area contributed by atoms with Gasteiger partial charge in [0, 0.05) is 19.3 Å². The highest BCUT2D eigenvalue weighted by Crippen LogP contribution is 2.11. The zero-order chi connectivity index (χ0) is 44.4. The van der Waals surface area contributed by atoms with E-state index < -0.39 is 12.1 Å². The van der Waals surface area contributed by atoms with Crippen molar-refractivity contribution in [2.75, 3.05) is 13.2 Å². The van der Waals surface area contributed by atoms with Crippen molar-refractivity contribution >= 4 is 17.9 Å². The zero-order valence-electron chi connectivity index (χ0n) is 39.1. The Morgan fingerprint density at radius 3 is 1.16 bits per heavy atom. The summed E-state index contributed by atoms with van der Waals surface area (Å²) in [6.45, 7) is 6.33. The van der Waals surface area contributed by atoms with E-state index in [0.717, 1.165) is 83.5 Å². The van der Waals surface area contributed by atoms with Crippen molar-refractivity contribution in [1.82, 2.24) is 0 Å². The summed E-state index contributed by atoms with van der Waals surface area (Å²) in [6.07, 6.45) is 65.3. The Morgan fingerprint density at radius 2 is 0.689 bits per heavy atom. The Kier molecular flexibility index (Phi) is 45.6. The summed E-state index contributed by atoms with van der Waals surface area (Å²) in [4.78, 5) is 37.8. The van der Waals surface area contributed by atoms with Crippen LogP contribution in [0.2, 0.25) is 0 Å². The van der Waals surface area contributed by atoms with Gasteiger partial charge in [0.25, 0.3) is 0 Å². The van der Waals surface area contributed by atoms with Crippen LogP contribution in [0, 0.1) is 0 Å². The lowest BCUT2D eigenvalue weighted by Gasteiger charge is -2.18. The molecule has 0 heterocycles. The molecule has 1 atom stereocenters. The summed E-state index contributed by atoms with van der Waals surface area (Å²) in [5.74, 6) is -1.11. The number of hydrogen-bond acceptors (Lipinski definition) is 6. The van der Waals surface area contributed by atoms with Crippen LogP contribution in [0.1, 0.15) is 201 Å². The second-order valence-electron chi connectivity index (χ2n) is 15.6. The minimum Gasteiger partial charge on any atom is -0.462 e. The molecule has 0 saturated heterocycles. The number of esters is 3. The molecule has 0 saturated carbocycles. The van der Waals surface area contributed by atoms with Gasteiger partial charge in [0.2, 0.25) is 0 Å². The molecule has 6 nitrogen and oxygen atoms in total. The summed E-state index contributed by atoms with van der Waals surface area (Å²) in [6, 6.07) is 0. The van der Waals surface area contributed by atoms with E-state index in [1.54, 1.807) is 0 Å². The molecule has 0 aliphatic heterocycles. The van der Waals surface area contributed by atoms with Crippen molar-refractivity contribution in [3.63, 3.8) is 0 Å². The molecule has 0 bridgehead atoms. The summed E-state index contributed by atoms with van der Waals surface area (Å²) >= 11 is 0. The van der Waals surface area contributed by atoms with Gasteiger partial charge >= 0.3 is 17.9 Å². The van der Waals surface area contributed by atoms with E-state index in [4.69, 9.17) is 14.2 Å². The molecule has 0 rings (SSSR count). The van der Waals surface area contributed by atoms with Crippen LogP contribution in [0.5, 0.6) is 0 Å². The average Bonchev–Trinajstić information content (AvgIpc) is 3.26. The maximum absolute atomic E-state index is 12.7. The van der Waals surface area contributed by atoms with Crippen LogP contribution < -0.4 is 0 Å². The Labute approximate surface area is 374 Å². The summed E-state index contributed by atoms with van der Waals surface area (Å²) in [5.41, 5.74) is 0. The molecular formula is C55H88O6. The number of allylic oxidation sites excluding steroid dienone is 18. The fourth-order valence-electron chi connectivity index (χ4n) is 6.09. The van der Waals surface area contributed by atoms with E-state index in [9.17, 15) is 14.4 Å². The predicted octanol–water partition coefficient (Wildman–Crippen LogP) is 16.0. The standard InChI is InChI=1S/C55H88O6/c1-4-7-10-13-16-19-22-24-25-26-27-28-29-31-33-36-39-42-45-48-54(57)60-51-52(50-59-53(56)47-44-41-38-35-32-21-18-15-12-9-6-3)61-55(58)49-46-43-40-37-34-30-23-20-17-14-11-8-5-2/h7,10,15-16,18-19,24-25,27-28,30-31,33-34,39-40,42-43,52H,4-6,8-9,11-14,17,20-23,26,29,32,35-38,41,44-51H2,1-3H3/b10-7-,18-15-,19-16-,25-24-,28-27-,33-31-,34-30-,42-39-,43-40-. The van der Waals surface area contributed by atoms with Crippen LogP contribution in [0.4, 0.5) is 0 Å². The van der Waals surface area contributed by atoms with Crippen LogP contribution in [-0.4, -0.2) is 37.2 Å². The smallest absolute Gasteiger partial charge is 0.306 e. The average molecular weight is 845 g/mol. The van der Waals surface area contributed by atoms with E-state index in [-0.39, 0.29) is 38.0 Å². The maximum Gasteiger partial charge on any atom is 0.306 e. The van der Waals surface area contributed by atoms with Crippen molar-refractivity contribution < 1.29 is 28.6 Å². The molecule has 0 spiro atoms. The summed E-state index contributed by atoms with van der Waals surface area (Å²) < 4.78 is 16.6. The zero-order valence-corrected chi connectivity index (χ0v) is 39.1. The van der Waals surface area contributed by atoms with Crippen molar-refractivity contribution in [3.8, 4) is 0 Å². The van der Waals surface area contributed by atoms with Gasteiger partial charge in [-0.05, 0) is 96.3 Å². The van der Waals surface area contributed by atoms with Gasteiger partial charge in [-0.15, -0.1) is 0 Å². The van der Waals surface area contributed by atoms with E-state index in [2.05, 4.69) is 112 Å². The highest BCUT2D eigenvalue weighted by atomic mass is 16.6. The number of carbonyl (C=O) groups is 3. The van der Waals surface area contributed by atoms with E-state index in [0.29, 0.717) is 19.3 Å². The van der Waals surface area contributed by atoms with Gasteiger partial charge in [-0.2, -0.15) is 0 Å². The Morgan fingerprint density at radius 1 is 0.344 bits per heavy atom. The van der Waals surface area contributed by atoms with Crippen LogP contribution in [0.15, 0.2) is 109 Å². The first-order valence-corrected chi connectivity index (χ1v) is 24.4. The molecule has 61 heavy (non-hydrogen) atoms. The third-order valence-electron chi connectivity index (χ3n) is 9.76. The van der Waals surface area contributed by atoms with Gasteiger partial charge in [0.05, 0.1) is 0 Å². The van der Waals surface area contributed by atoms with Gasteiger partial charge in [0.15, 0.2) is 6.10 Å². The molecule has 0 aliphatic carbocycles. The lowest BCUT2D eigenvalue weighted by molar-refractivity contribution is -0.166.